The summed E-state index contributed by atoms with van der Waals surface area (Å²) in [6, 6.07) is 0. The highest BCUT2D eigenvalue weighted by Gasteiger charge is 2.08. The van der Waals surface area contributed by atoms with Gasteiger partial charge in [0.1, 0.15) is 0 Å². The number of allylic oxidation sites excluding steroid dienone is 2. The Labute approximate surface area is 104 Å². The molecular formula is C12H15N3OS. The second-order valence-electron chi connectivity index (χ2n) is 4.16. The zero-order valence-electron chi connectivity index (χ0n) is 9.99. The first kappa shape index (κ1) is 12.0. The third-order valence-electron chi connectivity index (χ3n) is 2.52. The minimum Gasteiger partial charge on any atom is -0.273 e. The van der Waals surface area contributed by atoms with Gasteiger partial charge in [-0.15, -0.1) is 11.3 Å². The topological polar surface area (TPSA) is 54.4 Å². The van der Waals surface area contributed by atoms with Gasteiger partial charge in [0.05, 0.1) is 22.8 Å². The van der Waals surface area contributed by atoms with Crippen molar-refractivity contribution in [2.24, 2.45) is 5.10 Å². The van der Waals surface area contributed by atoms with Gasteiger partial charge in [0, 0.05) is 5.38 Å². The summed E-state index contributed by atoms with van der Waals surface area (Å²) in [6.07, 6.45) is 4.28. The summed E-state index contributed by atoms with van der Waals surface area (Å²) in [7, 11) is 0. The molecule has 0 saturated heterocycles. The van der Waals surface area contributed by atoms with E-state index < -0.39 is 0 Å². The highest BCUT2D eigenvalue weighted by molar-refractivity contribution is 7.09. The quantitative estimate of drug-likeness (QED) is 0.835. The lowest BCUT2D eigenvalue weighted by atomic mass is 10.3. The predicted molar refractivity (Wildman–Crippen MR) is 69.1 cm³/mol. The number of thiazole rings is 1. The predicted octanol–water partition coefficient (Wildman–Crippen LogP) is 2.21. The van der Waals surface area contributed by atoms with Crippen LogP contribution >= 0.6 is 11.3 Å². The Kier molecular flexibility index (Phi) is 3.68. The number of carbonyl (C=O) groups is 1. The van der Waals surface area contributed by atoms with Gasteiger partial charge in [-0.25, -0.2) is 10.4 Å². The number of hydrazone groups is 1. The monoisotopic (exact) mass is 249 g/mol. The van der Waals surface area contributed by atoms with Crippen LogP contribution in [0.1, 0.15) is 30.5 Å². The van der Waals surface area contributed by atoms with Gasteiger partial charge in [0.15, 0.2) is 0 Å². The van der Waals surface area contributed by atoms with Gasteiger partial charge in [0.25, 0.3) is 0 Å². The van der Waals surface area contributed by atoms with Crippen molar-refractivity contribution in [3.05, 3.63) is 27.7 Å². The van der Waals surface area contributed by atoms with Gasteiger partial charge in [-0.3, -0.25) is 4.79 Å². The van der Waals surface area contributed by atoms with E-state index in [2.05, 4.69) is 22.4 Å². The smallest absolute Gasteiger partial charge is 0.246 e. The van der Waals surface area contributed by atoms with Crippen LogP contribution in [0.5, 0.6) is 0 Å². The van der Waals surface area contributed by atoms with Crippen molar-refractivity contribution in [2.75, 3.05) is 0 Å². The van der Waals surface area contributed by atoms with Crippen LogP contribution in [0.4, 0.5) is 0 Å². The van der Waals surface area contributed by atoms with Crippen LogP contribution in [0.15, 0.2) is 22.1 Å². The van der Waals surface area contributed by atoms with Crippen LogP contribution in [0, 0.1) is 6.92 Å². The van der Waals surface area contributed by atoms with Crippen LogP contribution in [-0.2, 0) is 11.2 Å². The Morgan fingerprint density at radius 2 is 2.35 bits per heavy atom. The zero-order chi connectivity index (χ0) is 12.3. The summed E-state index contributed by atoms with van der Waals surface area (Å²) in [4.78, 5) is 15.8. The van der Waals surface area contributed by atoms with Crippen molar-refractivity contribution in [2.45, 2.75) is 33.1 Å². The van der Waals surface area contributed by atoms with E-state index in [1.807, 2.05) is 18.4 Å². The molecule has 0 bridgehead atoms. The lowest BCUT2D eigenvalue weighted by Gasteiger charge is -1.98. The molecular weight excluding hydrogens is 234 g/mol. The SMILES string of the molecule is CC1=C/C(=N/NC(=O)Cc2csc(C)n2)CC1. The van der Waals surface area contributed by atoms with Gasteiger partial charge in [0.2, 0.25) is 5.91 Å². The maximum absolute atomic E-state index is 11.6. The van der Waals surface area contributed by atoms with Crippen LogP contribution in [0.25, 0.3) is 0 Å². The minimum atomic E-state index is -0.110. The molecule has 0 aromatic carbocycles. The van der Waals surface area contributed by atoms with E-state index in [9.17, 15) is 4.79 Å². The number of hydrogen-bond acceptors (Lipinski definition) is 4. The highest BCUT2D eigenvalue weighted by atomic mass is 32.1. The standard InChI is InChI=1S/C12H15N3OS/c1-8-3-4-10(5-8)14-15-12(16)6-11-7-17-9(2)13-11/h5,7H,3-4,6H2,1-2H3,(H,15,16)/b14-10+. The number of carbonyl (C=O) groups excluding carboxylic acids is 1. The number of aromatic nitrogens is 1. The molecule has 1 heterocycles. The molecule has 1 aliphatic carbocycles. The van der Waals surface area contributed by atoms with Gasteiger partial charge < -0.3 is 0 Å². The first-order chi connectivity index (χ1) is 8.13. The number of rotatable bonds is 3. The van der Waals surface area contributed by atoms with E-state index in [4.69, 9.17) is 0 Å². The molecule has 1 aromatic rings. The number of aryl methyl sites for hydroxylation is 1. The molecule has 0 radical (unpaired) electrons. The molecule has 0 fully saturated rings. The molecule has 4 nitrogen and oxygen atoms in total. The molecule has 0 spiro atoms. The number of amides is 1. The van der Waals surface area contributed by atoms with Crippen LogP contribution in [0.2, 0.25) is 0 Å². The molecule has 1 aromatic heterocycles. The molecule has 1 aliphatic rings. The normalized spacial score (nSPS) is 17.3. The Bertz CT molecular complexity index is 488. The fraction of sp³-hybridized carbons (Fsp3) is 0.417. The maximum atomic E-state index is 11.6. The average molecular weight is 249 g/mol. The molecule has 90 valence electrons. The lowest BCUT2D eigenvalue weighted by molar-refractivity contribution is -0.120. The van der Waals surface area contributed by atoms with E-state index >= 15 is 0 Å². The minimum absolute atomic E-state index is 0.110. The fourth-order valence-corrected chi connectivity index (χ4v) is 2.28. The van der Waals surface area contributed by atoms with Crippen molar-refractivity contribution in [1.29, 1.82) is 0 Å². The van der Waals surface area contributed by atoms with Crippen LogP contribution in [0.3, 0.4) is 0 Å². The highest BCUT2D eigenvalue weighted by Crippen LogP contribution is 2.14. The van der Waals surface area contributed by atoms with E-state index in [1.165, 1.54) is 5.57 Å². The Hall–Kier alpha value is -1.49. The third-order valence-corrected chi connectivity index (χ3v) is 3.34. The van der Waals surface area contributed by atoms with E-state index in [0.717, 1.165) is 29.3 Å². The first-order valence-corrected chi connectivity index (χ1v) is 6.45. The average Bonchev–Trinajstić information content (AvgIpc) is 2.85. The number of nitrogens with zero attached hydrogens (tertiary/aromatic N) is 2. The number of nitrogens with one attached hydrogen (secondary N) is 1. The third kappa shape index (κ3) is 3.49. The van der Waals surface area contributed by atoms with Gasteiger partial charge in [-0.05, 0) is 32.8 Å². The molecule has 0 atom stereocenters. The zero-order valence-corrected chi connectivity index (χ0v) is 10.8. The summed E-state index contributed by atoms with van der Waals surface area (Å²) < 4.78 is 0. The van der Waals surface area contributed by atoms with E-state index in [1.54, 1.807) is 11.3 Å². The maximum Gasteiger partial charge on any atom is 0.246 e. The second kappa shape index (κ2) is 5.23. The van der Waals surface area contributed by atoms with Gasteiger partial charge >= 0.3 is 0 Å². The molecule has 0 unspecified atom stereocenters. The molecule has 0 saturated carbocycles. The van der Waals surface area contributed by atoms with Gasteiger partial charge in [-0.2, -0.15) is 5.10 Å². The Balaban J connectivity index is 1.86. The summed E-state index contributed by atoms with van der Waals surface area (Å²) in [5, 5.41) is 6.98. The van der Waals surface area contributed by atoms with Gasteiger partial charge in [-0.1, -0.05) is 5.57 Å². The fourth-order valence-electron chi connectivity index (χ4n) is 1.67. The molecule has 1 amide bonds. The number of hydrogen-bond donors (Lipinski definition) is 1. The Morgan fingerprint density at radius 1 is 1.53 bits per heavy atom. The van der Waals surface area contributed by atoms with Crippen molar-refractivity contribution >= 4 is 23.0 Å². The van der Waals surface area contributed by atoms with Crippen LogP contribution in [-0.4, -0.2) is 16.6 Å². The molecule has 2 rings (SSSR count). The van der Waals surface area contributed by atoms with Crippen molar-refractivity contribution in [3.8, 4) is 0 Å². The summed E-state index contributed by atoms with van der Waals surface area (Å²) >= 11 is 1.55. The second-order valence-corrected chi connectivity index (χ2v) is 5.23. The van der Waals surface area contributed by atoms with Crippen molar-refractivity contribution in [3.63, 3.8) is 0 Å². The molecule has 1 N–H and O–H groups in total. The van der Waals surface area contributed by atoms with E-state index in [0.29, 0.717) is 6.42 Å². The Morgan fingerprint density at radius 3 is 2.94 bits per heavy atom. The van der Waals surface area contributed by atoms with Crippen LogP contribution < -0.4 is 5.43 Å². The molecule has 17 heavy (non-hydrogen) atoms. The largest absolute Gasteiger partial charge is 0.273 e. The van der Waals surface area contributed by atoms with E-state index in [-0.39, 0.29) is 5.91 Å². The van der Waals surface area contributed by atoms with Crippen molar-refractivity contribution in [1.82, 2.24) is 10.4 Å². The van der Waals surface area contributed by atoms with Crippen molar-refractivity contribution < 1.29 is 4.79 Å². The molecule has 0 aliphatic heterocycles. The summed E-state index contributed by atoms with van der Waals surface area (Å²) in [5.74, 6) is -0.110. The lowest BCUT2D eigenvalue weighted by Crippen LogP contribution is -2.21. The molecule has 5 heteroatoms. The first-order valence-electron chi connectivity index (χ1n) is 5.57. The summed E-state index contributed by atoms with van der Waals surface area (Å²) in [5.41, 5.74) is 5.64. The summed E-state index contributed by atoms with van der Waals surface area (Å²) in [6.45, 7) is 4.00.